The van der Waals surface area contributed by atoms with Crippen LogP contribution in [0.1, 0.15) is 22.3 Å². The molecule has 0 aliphatic heterocycles. The largest absolute Gasteiger partial charge is 0.282 e. The molecule has 1 aliphatic carbocycles. The molecule has 0 N–H and O–H groups in total. The Balaban J connectivity index is 1.53. The average Bonchev–Trinajstić information content (AvgIpc) is 3.10. The highest BCUT2D eigenvalue weighted by Gasteiger charge is 2.27. The third-order valence-electron chi connectivity index (χ3n) is 5.75. The molecule has 0 saturated heterocycles. The van der Waals surface area contributed by atoms with Gasteiger partial charge in [0.2, 0.25) is 0 Å². The van der Waals surface area contributed by atoms with E-state index < -0.39 is 0 Å². The minimum atomic E-state index is 0.721. The lowest BCUT2D eigenvalue weighted by molar-refractivity contribution is 1.15. The van der Waals surface area contributed by atoms with E-state index in [-0.39, 0.29) is 0 Å². The molecule has 4 aromatic carbocycles. The molecule has 0 radical (unpaired) electrons. The molecule has 0 spiro atoms. The van der Waals surface area contributed by atoms with Gasteiger partial charge in [-0.1, -0.05) is 66.2 Å². The highest BCUT2D eigenvalue weighted by molar-refractivity contribution is 7.99. The van der Waals surface area contributed by atoms with Crippen LogP contribution in [0.15, 0.2) is 93.7 Å². The van der Waals surface area contributed by atoms with Crippen molar-refractivity contribution in [3.8, 4) is 0 Å². The van der Waals surface area contributed by atoms with Gasteiger partial charge in [-0.15, -0.1) is 11.8 Å². The first-order valence-corrected chi connectivity index (χ1v) is 12.1. The molecule has 4 aromatic rings. The van der Waals surface area contributed by atoms with Crippen LogP contribution in [0.2, 0.25) is 5.02 Å². The van der Waals surface area contributed by atoms with Crippen molar-refractivity contribution in [3.63, 3.8) is 0 Å². The van der Waals surface area contributed by atoms with Gasteiger partial charge in [0, 0.05) is 38.7 Å². The first-order chi connectivity index (χ1) is 15.6. The van der Waals surface area contributed by atoms with Crippen LogP contribution >= 0.6 is 23.4 Å². The Labute approximate surface area is 198 Å². The number of hydrogen-bond donors (Lipinski definition) is 0. The van der Waals surface area contributed by atoms with Crippen molar-refractivity contribution < 1.29 is 0 Å². The van der Waals surface area contributed by atoms with Crippen molar-refractivity contribution in [3.05, 3.63) is 106 Å². The number of para-hydroxylation sites is 1. The van der Waals surface area contributed by atoms with Crippen LogP contribution in [0.25, 0.3) is 10.8 Å². The summed E-state index contributed by atoms with van der Waals surface area (Å²) in [6.07, 6.45) is 0. The van der Waals surface area contributed by atoms with Gasteiger partial charge in [0.05, 0.1) is 17.1 Å². The van der Waals surface area contributed by atoms with E-state index >= 15 is 0 Å². The summed E-state index contributed by atoms with van der Waals surface area (Å²) in [6, 6.07) is 27.2. The zero-order chi connectivity index (χ0) is 22.1. The van der Waals surface area contributed by atoms with E-state index in [0.717, 1.165) is 34.4 Å². The van der Waals surface area contributed by atoms with Crippen LogP contribution in [0, 0.1) is 13.8 Å². The highest BCUT2D eigenvalue weighted by Crippen LogP contribution is 2.34. The van der Waals surface area contributed by atoms with Crippen molar-refractivity contribution >= 4 is 51.2 Å². The Bertz CT molecular complexity index is 1340. The summed E-state index contributed by atoms with van der Waals surface area (Å²) < 4.78 is 0. The van der Waals surface area contributed by atoms with E-state index in [1.54, 1.807) is 11.8 Å². The smallest absolute Gasteiger partial charge is 0.0974 e. The summed E-state index contributed by atoms with van der Waals surface area (Å²) in [4.78, 5) is 11.5. The fourth-order valence-electron chi connectivity index (χ4n) is 4.21. The predicted molar refractivity (Wildman–Crippen MR) is 140 cm³/mol. The van der Waals surface area contributed by atoms with E-state index in [9.17, 15) is 0 Å². The predicted octanol–water partition coefficient (Wildman–Crippen LogP) is 7.83. The molecular weight excluding hydrogens is 432 g/mol. The van der Waals surface area contributed by atoms with Gasteiger partial charge in [-0.05, 0) is 54.6 Å². The minimum absolute atomic E-state index is 0.721. The van der Waals surface area contributed by atoms with Gasteiger partial charge in [0.1, 0.15) is 0 Å². The van der Waals surface area contributed by atoms with Crippen LogP contribution < -0.4 is 0 Å². The van der Waals surface area contributed by atoms with Crippen molar-refractivity contribution in [2.75, 3.05) is 12.3 Å². The molecule has 0 fully saturated rings. The third-order valence-corrected chi connectivity index (χ3v) is 6.99. The fourth-order valence-corrected chi connectivity index (χ4v) is 5.08. The Morgan fingerprint density at radius 1 is 0.750 bits per heavy atom. The standard InChI is InChI=1S/C28H23ClN2S/c1-18-6-3-7-19(2)26(18)31-28-24-11-5-9-20-8-4-10-23(25(20)24)27(28)30-16-17-32-22-14-12-21(29)13-15-22/h3-15H,16-17H2,1-2H3/b30-27+,31-28+. The number of aryl methyl sites for hydroxylation is 2. The second kappa shape index (κ2) is 8.93. The number of halogens is 1. The lowest BCUT2D eigenvalue weighted by Gasteiger charge is -2.08. The summed E-state index contributed by atoms with van der Waals surface area (Å²) in [5, 5.41) is 3.25. The van der Waals surface area contributed by atoms with E-state index in [1.807, 2.05) is 12.1 Å². The molecule has 5 rings (SSSR count). The Morgan fingerprint density at radius 3 is 2.06 bits per heavy atom. The highest BCUT2D eigenvalue weighted by atomic mass is 35.5. The summed E-state index contributed by atoms with van der Waals surface area (Å²) in [7, 11) is 0. The minimum Gasteiger partial charge on any atom is -0.282 e. The molecule has 0 saturated carbocycles. The molecule has 1 aliphatic rings. The quantitative estimate of drug-likeness (QED) is 0.223. The van der Waals surface area contributed by atoms with Crippen molar-refractivity contribution in [2.45, 2.75) is 18.7 Å². The molecule has 4 heteroatoms. The zero-order valence-corrected chi connectivity index (χ0v) is 19.7. The second-order valence-corrected chi connectivity index (χ2v) is 9.55. The molecule has 2 nitrogen and oxygen atoms in total. The van der Waals surface area contributed by atoms with Crippen LogP contribution in [0.3, 0.4) is 0 Å². The van der Waals surface area contributed by atoms with Gasteiger partial charge in [-0.3, -0.25) is 4.99 Å². The van der Waals surface area contributed by atoms with Gasteiger partial charge >= 0.3 is 0 Å². The van der Waals surface area contributed by atoms with Crippen LogP contribution in [0.5, 0.6) is 0 Å². The molecular formula is C28H23ClN2S. The summed E-state index contributed by atoms with van der Waals surface area (Å²) >= 11 is 7.80. The fraction of sp³-hybridized carbons (Fsp3) is 0.143. The van der Waals surface area contributed by atoms with Crippen molar-refractivity contribution in [1.82, 2.24) is 0 Å². The number of thioether (sulfide) groups is 1. The molecule has 0 aromatic heterocycles. The number of rotatable bonds is 5. The lowest BCUT2D eigenvalue weighted by atomic mass is 10.1. The molecule has 158 valence electrons. The van der Waals surface area contributed by atoms with Crippen LogP contribution in [0.4, 0.5) is 5.69 Å². The summed E-state index contributed by atoms with van der Waals surface area (Å²) in [5.41, 5.74) is 7.72. The van der Waals surface area contributed by atoms with E-state index in [2.05, 4.69) is 80.6 Å². The third kappa shape index (κ3) is 3.99. The number of aliphatic imine (C=N–C) groups is 2. The lowest BCUT2D eigenvalue weighted by Crippen LogP contribution is -2.12. The first-order valence-electron chi connectivity index (χ1n) is 10.7. The Kier molecular flexibility index (Phi) is 5.86. The average molecular weight is 455 g/mol. The van der Waals surface area contributed by atoms with Crippen molar-refractivity contribution in [2.24, 2.45) is 9.98 Å². The van der Waals surface area contributed by atoms with Gasteiger partial charge in [0.25, 0.3) is 0 Å². The van der Waals surface area contributed by atoms with Crippen molar-refractivity contribution in [1.29, 1.82) is 0 Å². The molecule has 0 atom stereocenters. The number of hydrogen-bond acceptors (Lipinski definition) is 3. The maximum atomic E-state index is 6.00. The number of nitrogens with zero attached hydrogens (tertiary/aromatic N) is 2. The molecule has 32 heavy (non-hydrogen) atoms. The maximum absolute atomic E-state index is 6.00. The molecule has 0 amide bonds. The molecule has 0 heterocycles. The SMILES string of the molecule is Cc1cccc(C)c1/N=C1/C(=N/CCSc2ccc(Cl)cc2)c2cccc3cccc1c23. The summed E-state index contributed by atoms with van der Waals surface area (Å²) in [6.45, 7) is 4.96. The maximum Gasteiger partial charge on any atom is 0.0974 e. The van der Waals surface area contributed by atoms with E-state index in [0.29, 0.717) is 0 Å². The van der Waals surface area contributed by atoms with Gasteiger partial charge in [-0.2, -0.15) is 0 Å². The monoisotopic (exact) mass is 454 g/mol. The number of benzene rings is 4. The molecule has 0 bridgehead atoms. The summed E-state index contributed by atoms with van der Waals surface area (Å²) in [5.74, 6) is 0.897. The topological polar surface area (TPSA) is 24.7 Å². The van der Waals surface area contributed by atoms with Crippen LogP contribution in [-0.4, -0.2) is 23.7 Å². The molecule has 0 unspecified atom stereocenters. The Hall–Kier alpha value is -2.88. The van der Waals surface area contributed by atoms with Gasteiger partial charge in [-0.25, -0.2) is 4.99 Å². The normalized spacial score (nSPS) is 15.2. The zero-order valence-electron chi connectivity index (χ0n) is 18.1. The van der Waals surface area contributed by atoms with E-state index in [4.69, 9.17) is 21.6 Å². The Morgan fingerprint density at radius 2 is 1.38 bits per heavy atom. The second-order valence-electron chi connectivity index (χ2n) is 7.94. The van der Waals surface area contributed by atoms with E-state index in [1.165, 1.54) is 37.9 Å². The van der Waals surface area contributed by atoms with Crippen LogP contribution in [-0.2, 0) is 0 Å². The van der Waals surface area contributed by atoms with Gasteiger partial charge in [0.15, 0.2) is 0 Å². The first kappa shape index (κ1) is 21.0. The van der Waals surface area contributed by atoms with Gasteiger partial charge < -0.3 is 0 Å².